The molecular weight excluding hydrogens is 208 g/mol. The van der Waals surface area contributed by atoms with Gasteiger partial charge >= 0.3 is 0 Å². The highest BCUT2D eigenvalue weighted by atomic mass is 14.7. The van der Waals surface area contributed by atoms with E-state index in [1.165, 1.54) is 0 Å². The largest absolute Gasteiger partial charge is 0.260 e. The van der Waals surface area contributed by atoms with Crippen molar-refractivity contribution in [3.63, 3.8) is 0 Å². The summed E-state index contributed by atoms with van der Waals surface area (Å²) in [6.45, 7) is 3.96. The average Bonchev–Trinajstić information content (AvgIpc) is 2.39. The third kappa shape index (κ3) is 2.05. The molecule has 0 aliphatic carbocycles. The molecule has 0 fully saturated rings. The number of hydrogen-bond acceptors (Lipinski definition) is 2. The van der Waals surface area contributed by atoms with Gasteiger partial charge in [-0.1, -0.05) is 37.3 Å². The van der Waals surface area contributed by atoms with Gasteiger partial charge in [0.1, 0.15) is 6.07 Å². The molecule has 1 aromatic carbocycles. The molecule has 2 rings (SSSR count). The lowest BCUT2D eigenvalue weighted by Crippen LogP contribution is -1.98. The molecule has 84 valence electrons. The first-order chi connectivity index (χ1) is 8.27. The molecule has 0 atom stereocenters. The summed E-state index contributed by atoms with van der Waals surface area (Å²) >= 11 is 0. The second-order valence-electron chi connectivity index (χ2n) is 3.95. The van der Waals surface area contributed by atoms with Crippen molar-refractivity contribution in [1.82, 2.24) is 4.98 Å². The fraction of sp³-hybridized carbons (Fsp3) is 0.200. The highest BCUT2D eigenvalue weighted by molar-refractivity contribution is 5.74. The predicted molar refractivity (Wildman–Crippen MR) is 68.5 cm³/mol. The molecule has 0 amide bonds. The van der Waals surface area contributed by atoms with Crippen molar-refractivity contribution in [2.24, 2.45) is 0 Å². The van der Waals surface area contributed by atoms with Crippen molar-refractivity contribution >= 4 is 0 Å². The van der Waals surface area contributed by atoms with Gasteiger partial charge in [0.25, 0.3) is 0 Å². The minimum Gasteiger partial charge on any atom is -0.260 e. The molecule has 0 radical (unpaired) electrons. The third-order valence-corrected chi connectivity index (χ3v) is 2.90. The first-order valence-electron chi connectivity index (χ1n) is 5.72. The summed E-state index contributed by atoms with van der Waals surface area (Å²) in [5.74, 6) is 0. The van der Waals surface area contributed by atoms with Crippen molar-refractivity contribution in [1.29, 1.82) is 5.26 Å². The number of rotatable bonds is 2. The van der Waals surface area contributed by atoms with E-state index in [1.807, 2.05) is 43.5 Å². The van der Waals surface area contributed by atoms with E-state index in [-0.39, 0.29) is 0 Å². The molecule has 0 spiro atoms. The van der Waals surface area contributed by atoms with Crippen molar-refractivity contribution in [3.8, 4) is 17.2 Å². The fourth-order valence-electron chi connectivity index (χ4n) is 1.98. The van der Waals surface area contributed by atoms with Gasteiger partial charge in [0.05, 0.1) is 11.3 Å². The number of aromatic nitrogens is 1. The lowest BCUT2D eigenvalue weighted by atomic mass is 9.94. The molecule has 1 aromatic heterocycles. The topological polar surface area (TPSA) is 36.7 Å². The maximum Gasteiger partial charge on any atom is 0.102 e. The Balaban J connectivity index is 2.75. The molecule has 0 aliphatic heterocycles. The van der Waals surface area contributed by atoms with E-state index in [2.05, 4.69) is 18.0 Å². The molecular formula is C15H14N2. The number of benzene rings is 1. The first-order valence-corrected chi connectivity index (χ1v) is 5.72. The number of aryl methyl sites for hydroxylation is 2. The van der Waals surface area contributed by atoms with Crippen LogP contribution in [0.3, 0.4) is 0 Å². The van der Waals surface area contributed by atoms with Gasteiger partial charge in [0.2, 0.25) is 0 Å². The normalized spacial score (nSPS) is 9.94. The summed E-state index contributed by atoms with van der Waals surface area (Å²) in [6, 6.07) is 12.3. The zero-order chi connectivity index (χ0) is 12.3. The van der Waals surface area contributed by atoms with E-state index in [1.54, 1.807) is 0 Å². The Bertz CT molecular complexity index is 565. The Morgan fingerprint density at radius 2 is 1.94 bits per heavy atom. The Kier molecular flexibility index (Phi) is 3.20. The van der Waals surface area contributed by atoms with E-state index in [0.29, 0.717) is 5.56 Å². The summed E-state index contributed by atoms with van der Waals surface area (Å²) < 4.78 is 0. The monoisotopic (exact) mass is 222 g/mol. The maximum atomic E-state index is 9.29. The minimum atomic E-state index is 0.690. The zero-order valence-electron chi connectivity index (χ0n) is 10.1. The molecule has 0 saturated carbocycles. The van der Waals surface area contributed by atoms with Crippen LogP contribution in [0.15, 0.2) is 36.5 Å². The standard InChI is InChI=1S/C15H14N2/c1-3-12-10-17-11(2)14(9-16)15(12)13-7-5-4-6-8-13/h4-8,10H,3H2,1-2H3. The van der Waals surface area contributed by atoms with Gasteiger partial charge in [-0.15, -0.1) is 0 Å². The van der Waals surface area contributed by atoms with Gasteiger partial charge in [0, 0.05) is 11.8 Å². The summed E-state index contributed by atoms with van der Waals surface area (Å²) in [6.07, 6.45) is 2.75. The summed E-state index contributed by atoms with van der Waals surface area (Å²) in [4.78, 5) is 4.28. The van der Waals surface area contributed by atoms with Crippen LogP contribution in [0, 0.1) is 18.3 Å². The van der Waals surface area contributed by atoms with E-state index in [4.69, 9.17) is 0 Å². The summed E-state index contributed by atoms with van der Waals surface area (Å²) in [7, 11) is 0. The van der Waals surface area contributed by atoms with E-state index in [0.717, 1.165) is 28.8 Å². The van der Waals surface area contributed by atoms with Gasteiger partial charge in [-0.25, -0.2) is 0 Å². The molecule has 0 aliphatic rings. The number of pyridine rings is 1. The molecule has 2 nitrogen and oxygen atoms in total. The summed E-state index contributed by atoms with van der Waals surface area (Å²) in [5, 5.41) is 9.29. The van der Waals surface area contributed by atoms with Crippen LogP contribution in [0.4, 0.5) is 0 Å². The smallest absolute Gasteiger partial charge is 0.102 e. The SMILES string of the molecule is CCc1cnc(C)c(C#N)c1-c1ccccc1. The molecule has 0 unspecified atom stereocenters. The highest BCUT2D eigenvalue weighted by Gasteiger charge is 2.12. The predicted octanol–water partition coefficient (Wildman–Crippen LogP) is 3.49. The maximum absolute atomic E-state index is 9.29. The van der Waals surface area contributed by atoms with Crippen molar-refractivity contribution in [2.45, 2.75) is 20.3 Å². The van der Waals surface area contributed by atoms with Crippen LogP contribution in [0.25, 0.3) is 11.1 Å². The molecule has 0 N–H and O–H groups in total. The number of nitriles is 1. The van der Waals surface area contributed by atoms with Crippen molar-refractivity contribution in [2.75, 3.05) is 0 Å². The Hall–Kier alpha value is -2.14. The van der Waals surface area contributed by atoms with Gasteiger partial charge in [0.15, 0.2) is 0 Å². The zero-order valence-corrected chi connectivity index (χ0v) is 10.1. The second-order valence-corrected chi connectivity index (χ2v) is 3.95. The van der Waals surface area contributed by atoms with Crippen LogP contribution in [-0.2, 0) is 6.42 Å². The molecule has 0 bridgehead atoms. The van der Waals surface area contributed by atoms with Crippen LogP contribution in [-0.4, -0.2) is 4.98 Å². The van der Waals surface area contributed by atoms with Gasteiger partial charge in [-0.3, -0.25) is 4.98 Å². The number of nitrogens with zero attached hydrogens (tertiary/aromatic N) is 2. The summed E-state index contributed by atoms with van der Waals surface area (Å²) in [5.41, 5.74) is 4.73. The third-order valence-electron chi connectivity index (χ3n) is 2.90. The highest BCUT2D eigenvalue weighted by Crippen LogP contribution is 2.28. The Morgan fingerprint density at radius 3 is 2.53 bits per heavy atom. The fourth-order valence-corrected chi connectivity index (χ4v) is 1.98. The molecule has 1 heterocycles. The van der Waals surface area contributed by atoms with E-state index < -0.39 is 0 Å². The van der Waals surface area contributed by atoms with Crippen molar-refractivity contribution in [3.05, 3.63) is 53.3 Å². The molecule has 2 aromatic rings. The Labute approximate surface area is 102 Å². The first kappa shape index (κ1) is 11.3. The molecule has 17 heavy (non-hydrogen) atoms. The van der Waals surface area contributed by atoms with Gasteiger partial charge < -0.3 is 0 Å². The van der Waals surface area contributed by atoms with Gasteiger partial charge in [-0.05, 0) is 24.5 Å². The van der Waals surface area contributed by atoms with E-state index >= 15 is 0 Å². The van der Waals surface area contributed by atoms with Crippen LogP contribution >= 0.6 is 0 Å². The quantitative estimate of drug-likeness (QED) is 0.779. The average molecular weight is 222 g/mol. The number of hydrogen-bond donors (Lipinski definition) is 0. The lowest BCUT2D eigenvalue weighted by Gasteiger charge is -2.11. The Morgan fingerprint density at radius 1 is 1.24 bits per heavy atom. The van der Waals surface area contributed by atoms with E-state index in [9.17, 15) is 5.26 Å². The molecule has 2 heteroatoms. The van der Waals surface area contributed by atoms with Crippen LogP contribution in [0.2, 0.25) is 0 Å². The van der Waals surface area contributed by atoms with Crippen LogP contribution in [0.1, 0.15) is 23.7 Å². The van der Waals surface area contributed by atoms with Crippen LogP contribution in [0.5, 0.6) is 0 Å². The van der Waals surface area contributed by atoms with Gasteiger partial charge in [-0.2, -0.15) is 5.26 Å². The lowest BCUT2D eigenvalue weighted by molar-refractivity contribution is 1.07. The second kappa shape index (κ2) is 4.80. The minimum absolute atomic E-state index is 0.690. The van der Waals surface area contributed by atoms with Crippen molar-refractivity contribution < 1.29 is 0 Å². The molecule has 0 saturated heterocycles. The van der Waals surface area contributed by atoms with Crippen LogP contribution < -0.4 is 0 Å².